The highest BCUT2D eigenvalue weighted by Gasteiger charge is 2.25. The van der Waals surface area contributed by atoms with E-state index in [0.29, 0.717) is 58.4 Å². The SMILES string of the molecule is COCCOc1ccc(C(Oc2ccc(C#N)cc2)C(=O)Nc2nc3cc(OC)c(OC)cc3o2)cc1. The van der Waals surface area contributed by atoms with E-state index in [0.717, 1.165) is 0 Å². The maximum atomic E-state index is 13.4. The molecule has 0 aliphatic heterocycles. The lowest BCUT2D eigenvalue weighted by Gasteiger charge is -2.19. The van der Waals surface area contributed by atoms with Crippen LogP contribution in [-0.2, 0) is 9.53 Å². The summed E-state index contributed by atoms with van der Waals surface area (Å²) in [5.41, 5.74) is 1.94. The molecule has 0 radical (unpaired) electrons. The van der Waals surface area contributed by atoms with E-state index < -0.39 is 12.0 Å². The third-order valence-electron chi connectivity index (χ3n) is 5.34. The van der Waals surface area contributed by atoms with Gasteiger partial charge in [-0.15, -0.1) is 0 Å². The number of carbonyl (C=O) groups excluding carboxylic acids is 1. The molecule has 0 saturated heterocycles. The molecule has 1 aromatic heterocycles. The lowest BCUT2D eigenvalue weighted by molar-refractivity contribution is -0.123. The van der Waals surface area contributed by atoms with Crippen LogP contribution in [0.25, 0.3) is 11.1 Å². The molecule has 0 saturated carbocycles. The molecular weight excluding hydrogens is 478 g/mol. The number of carbonyl (C=O) groups is 1. The highest BCUT2D eigenvalue weighted by atomic mass is 16.5. The monoisotopic (exact) mass is 503 g/mol. The predicted octanol–water partition coefficient (Wildman–Crippen LogP) is 4.50. The molecule has 37 heavy (non-hydrogen) atoms. The number of methoxy groups -OCH3 is 3. The van der Waals surface area contributed by atoms with E-state index in [2.05, 4.69) is 16.4 Å². The average molecular weight is 504 g/mol. The summed E-state index contributed by atoms with van der Waals surface area (Å²) in [5, 5.41) is 11.7. The van der Waals surface area contributed by atoms with E-state index in [1.54, 1.807) is 67.8 Å². The topological polar surface area (TPSA) is 125 Å². The van der Waals surface area contributed by atoms with Crippen molar-refractivity contribution in [1.82, 2.24) is 4.98 Å². The largest absolute Gasteiger partial charge is 0.493 e. The molecule has 0 aliphatic carbocycles. The number of ether oxygens (including phenoxy) is 5. The normalized spacial score (nSPS) is 11.4. The van der Waals surface area contributed by atoms with Crippen LogP contribution in [0.15, 0.2) is 65.1 Å². The molecule has 10 nitrogen and oxygen atoms in total. The zero-order valence-electron chi connectivity index (χ0n) is 20.5. The van der Waals surface area contributed by atoms with Gasteiger partial charge in [-0.1, -0.05) is 12.1 Å². The van der Waals surface area contributed by atoms with E-state index in [1.165, 1.54) is 14.2 Å². The van der Waals surface area contributed by atoms with Crippen LogP contribution in [0.3, 0.4) is 0 Å². The number of hydrogen-bond donors (Lipinski definition) is 1. The zero-order valence-corrected chi connectivity index (χ0v) is 20.5. The van der Waals surface area contributed by atoms with Gasteiger partial charge in [0.25, 0.3) is 5.91 Å². The fourth-order valence-corrected chi connectivity index (χ4v) is 3.48. The number of aromatic nitrogens is 1. The molecule has 0 aliphatic rings. The number of fused-ring (bicyclic) bond motifs is 1. The number of nitriles is 1. The summed E-state index contributed by atoms with van der Waals surface area (Å²) < 4.78 is 33.0. The molecule has 1 atom stereocenters. The quantitative estimate of drug-likeness (QED) is 0.294. The summed E-state index contributed by atoms with van der Waals surface area (Å²) in [6, 6.07) is 18.7. The molecule has 3 aromatic carbocycles. The Kier molecular flexibility index (Phi) is 8.08. The van der Waals surface area contributed by atoms with Crippen molar-refractivity contribution in [2.24, 2.45) is 0 Å². The van der Waals surface area contributed by atoms with Gasteiger partial charge in [0, 0.05) is 24.8 Å². The zero-order chi connectivity index (χ0) is 26.2. The second-order valence-corrected chi connectivity index (χ2v) is 7.73. The Hall–Kier alpha value is -4.75. The highest BCUT2D eigenvalue weighted by Crippen LogP contribution is 2.33. The summed E-state index contributed by atoms with van der Waals surface area (Å²) in [5.74, 6) is 1.48. The summed E-state index contributed by atoms with van der Waals surface area (Å²) in [4.78, 5) is 17.7. The second-order valence-electron chi connectivity index (χ2n) is 7.73. The number of benzene rings is 3. The van der Waals surface area contributed by atoms with Crippen molar-refractivity contribution in [3.8, 4) is 29.1 Å². The summed E-state index contributed by atoms with van der Waals surface area (Å²) in [7, 11) is 4.63. The predicted molar refractivity (Wildman–Crippen MR) is 134 cm³/mol. The molecule has 0 spiro atoms. The second kappa shape index (κ2) is 11.8. The molecule has 4 rings (SSSR count). The number of anilines is 1. The van der Waals surface area contributed by atoms with Gasteiger partial charge >= 0.3 is 6.01 Å². The molecule has 4 aromatic rings. The Labute approximate surface area is 213 Å². The van der Waals surface area contributed by atoms with Gasteiger partial charge in [0.15, 0.2) is 17.1 Å². The third-order valence-corrected chi connectivity index (χ3v) is 5.34. The summed E-state index contributed by atoms with van der Waals surface area (Å²) in [6.45, 7) is 0.853. The van der Waals surface area contributed by atoms with Crippen LogP contribution >= 0.6 is 0 Å². The first kappa shape index (κ1) is 25.3. The van der Waals surface area contributed by atoms with Gasteiger partial charge in [-0.25, -0.2) is 0 Å². The van der Waals surface area contributed by atoms with Crippen LogP contribution in [0.5, 0.6) is 23.0 Å². The van der Waals surface area contributed by atoms with Crippen LogP contribution in [0.1, 0.15) is 17.2 Å². The van der Waals surface area contributed by atoms with Gasteiger partial charge in [0.05, 0.1) is 32.5 Å². The fourth-order valence-electron chi connectivity index (χ4n) is 3.48. The van der Waals surface area contributed by atoms with E-state index in [9.17, 15) is 4.79 Å². The van der Waals surface area contributed by atoms with Gasteiger partial charge < -0.3 is 28.1 Å². The molecule has 1 unspecified atom stereocenters. The van der Waals surface area contributed by atoms with E-state index >= 15 is 0 Å². The number of hydrogen-bond acceptors (Lipinski definition) is 9. The number of oxazole rings is 1. The van der Waals surface area contributed by atoms with Gasteiger partial charge in [-0.2, -0.15) is 10.2 Å². The summed E-state index contributed by atoms with van der Waals surface area (Å²) >= 11 is 0. The Morgan fingerprint density at radius 1 is 0.973 bits per heavy atom. The Morgan fingerprint density at radius 3 is 2.30 bits per heavy atom. The number of nitrogens with one attached hydrogen (secondary N) is 1. The molecule has 0 fully saturated rings. The standard InChI is InChI=1S/C27H25N3O7/c1-32-12-13-35-19-10-6-18(7-11-19)25(36-20-8-4-17(16-28)5-9-20)26(31)30-27-29-21-14-23(33-2)24(34-3)15-22(21)37-27/h4-11,14-15,25H,12-13H2,1-3H3,(H,29,30,31). The minimum atomic E-state index is -1.06. The third kappa shape index (κ3) is 6.09. The van der Waals surface area contributed by atoms with Crippen LogP contribution in [0, 0.1) is 11.3 Å². The summed E-state index contributed by atoms with van der Waals surface area (Å²) in [6.07, 6.45) is -1.06. The molecule has 1 heterocycles. The van der Waals surface area contributed by atoms with Gasteiger partial charge in [0.1, 0.15) is 23.6 Å². The first-order chi connectivity index (χ1) is 18.0. The van der Waals surface area contributed by atoms with Crippen LogP contribution < -0.4 is 24.3 Å². The first-order valence-corrected chi connectivity index (χ1v) is 11.3. The van der Waals surface area contributed by atoms with E-state index in [4.69, 9.17) is 33.4 Å². The Bertz CT molecular complexity index is 1350. The Morgan fingerprint density at radius 2 is 1.65 bits per heavy atom. The number of amides is 1. The molecule has 190 valence electrons. The van der Waals surface area contributed by atoms with Crippen molar-refractivity contribution in [3.63, 3.8) is 0 Å². The van der Waals surface area contributed by atoms with Gasteiger partial charge in [-0.3, -0.25) is 10.1 Å². The van der Waals surface area contributed by atoms with Crippen molar-refractivity contribution in [2.45, 2.75) is 6.10 Å². The minimum absolute atomic E-state index is 0.0109. The van der Waals surface area contributed by atoms with Crippen molar-refractivity contribution in [2.75, 3.05) is 39.9 Å². The molecule has 10 heteroatoms. The minimum Gasteiger partial charge on any atom is -0.493 e. The van der Waals surface area contributed by atoms with E-state index in [1.807, 2.05) is 0 Å². The first-order valence-electron chi connectivity index (χ1n) is 11.3. The highest BCUT2D eigenvalue weighted by molar-refractivity contribution is 5.94. The lowest BCUT2D eigenvalue weighted by Crippen LogP contribution is -2.25. The van der Waals surface area contributed by atoms with Crippen molar-refractivity contribution in [1.29, 1.82) is 5.26 Å². The molecule has 1 amide bonds. The van der Waals surface area contributed by atoms with Crippen molar-refractivity contribution < 1.29 is 32.9 Å². The van der Waals surface area contributed by atoms with Crippen molar-refractivity contribution >= 4 is 23.0 Å². The number of rotatable bonds is 11. The fraction of sp³-hybridized carbons (Fsp3) is 0.222. The maximum Gasteiger partial charge on any atom is 0.302 e. The maximum absolute atomic E-state index is 13.4. The smallest absolute Gasteiger partial charge is 0.302 e. The number of nitrogens with zero attached hydrogens (tertiary/aromatic N) is 2. The molecular formula is C27H25N3O7. The van der Waals surface area contributed by atoms with Gasteiger partial charge in [-0.05, 0) is 36.4 Å². The van der Waals surface area contributed by atoms with Crippen LogP contribution in [0.2, 0.25) is 0 Å². The molecule has 0 bridgehead atoms. The van der Waals surface area contributed by atoms with Crippen LogP contribution in [0.4, 0.5) is 6.01 Å². The van der Waals surface area contributed by atoms with Crippen LogP contribution in [-0.4, -0.2) is 45.4 Å². The Balaban J connectivity index is 1.59. The van der Waals surface area contributed by atoms with E-state index in [-0.39, 0.29) is 6.01 Å². The van der Waals surface area contributed by atoms with Gasteiger partial charge in [0.2, 0.25) is 6.10 Å². The lowest BCUT2D eigenvalue weighted by atomic mass is 10.1. The van der Waals surface area contributed by atoms with Crippen molar-refractivity contribution in [3.05, 3.63) is 71.8 Å². The average Bonchev–Trinajstić information content (AvgIpc) is 3.32. The molecule has 1 N–H and O–H groups in total.